The quantitative estimate of drug-likeness (QED) is 0.795. The van der Waals surface area contributed by atoms with Gasteiger partial charge in [0.05, 0.1) is 7.11 Å². The summed E-state index contributed by atoms with van der Waals surface area (Å²) in [6.07, 6.45) is 3.61. The van der Waals surface area contributed by atoms with Gasteiger partial charge in [-0.2, -0.15) is 0 Å². The highest BCUT2D eigenvalue weighted by molar-refractivity contribution is 5.41. The number of ether oxygens (including phenoxy) is 1. The zero-order valence-electron chi connectivity index (χ0n) is 8.94. The van der Waals surface area contributed by atoms with Crippen molar-refractivity contribution in [2.75, 3.05) is 7.11 Å². The third kappa shape index (κ3) is 2.42. The number of benzene rings is 1. The van der Waals surface area contributed by atoms with Gasteiger partial charge in [-0.05, 0) is 18.4 Å². The highest BCUT2D eigenvalue weighted by atomic mass is 16.5. The van der Waals surface area contributed by atoms with Crippen molar-refractivity contribution in [3.05, 3.63) is 23.8 Å². The molecule has 1 aliphatic carbocycles. The van der Waals surface area contributed by atoms with E-state index in [-0.39, 0.29) is 11.8 Å². The Balaban J connectivity index is 2.17. The average Bonchev–Trinajstić information content (AvgIpc) is 3.01. The minimum atomic E-state index is 0.0213. The van der Waals surface area contributed by atoms with E-state index < -0.39 is 0 Å². The number of hydrogen-bond acceptors (Lipinski definition) is 3. The maximum atomic E-state index is 9.32. The second-order valence-corrected chi connectivity index (χ2v) is 4.21. The van der Waals surface area contributed by atoms with Crippen molar-refractivity contribution in [3.63, 3.8) is 0 Å². The van der Waals surface area contributed by atoms with Crippen molar-refractivity contribution in [1.29, 1.82) is 0 Å². The molecular weight excluding hydrogens is 190 g/mol. The molecule has 0 radical (unpaired) electrons. The highest BCUT2D eigenvalue weighted by Gasteiger charge is 2.25. The van der Waals surface area contributed by atoms with E-state index in [9.17, 15) is 5.11 Å². The van der Waals surface area contributed by atoms with Gasteiger partial charge in [-0.15, -0.1) is 0 Å². The molecule has 1 aliphatic rings. The predicted octanol–water partition coefficient (Wildman–Crippen LogP) is 2.20. The second kappa shape index (κ2) is 4.11. The first-order chi connectivity index (χ1) is 7.20. The molecule has 1 atom stereocenters. The fourth-order valence-corrected chi connectivity index (χ4v) is 1.85. The van der Waals surface area contributed by atoms with E-state index >= 15 is 0 Å². The van der Waals surface area contributed by atoms with Crippen LogP contribution in [-0.2, 0) is 0 Å². The Morgan fingerprint density at radius 1 is 1.53 bits per heavy atom. The van der Waals surface area contributed by atoms with Crippen LogP contribution in [0.15, 0.2) is 18.2 Å². The number of phenolic OH excluding ortho intramolecular Hbond substituents is 1. The van der Waals surface area contributed by atoms with E-state index in [2.05, 4.69) is 0 Å². The molecule has 1 aromatic rings. The van der Waals surface area contributed by atoms with Gasteiger partial charge in [0, 0.05) is 17.7 Å². The summed E-state index contributed by atoms with van der Waals surface area (Å²) in [7, 11) is 1.60. The van der Waals surface area contributed by atoms with Crippen molar-refractivity contribution in [1.82, 2.24) is 0 Å². The Bertz CT molecular complexity index is 347. The normalized spacial score (nSPS) is 17.5. The van der Waals surface area contributed by atoms with Crippen LogP contribution in [0.5, 0.6) is 11.5 Å². The molecule has 1 saturated carbocycles. The molecular formula is C12H17NO2. The Morgan fingerprint density at radius 2 is 2.27 bits per heavy atom. The van der Waals surface area contributed by atoms with Crippen LogP contribution in [0.4, 0.5) is 0 Å². The molecule has 0 heterocycles. The SMILES string of the molecule is COc1cc(O)ccc1[C@H](N)CC1CC1. The first-order valence-corrected chi connectivity index (χ1v) is 5.33. The van der Waals surface area contributed by atoms with Gasteiger partial charge in [-0.3, -0.25) is 0 Å². The molecule has 1 fully saturated rings. The molecule has 2 rings (SSSR count). The van der Waals surface area contributed by atoms with Gasteiger partial charge in [0.25, 0.3) is 0 Å². The summed E-state index contributed by atoms with van der Waals surface area (Å²) >= 11 is 0. The lowest BCUT2D eigenvalue weighted by molar-refractivity contribution is 0.396. The van der Waals surface area contributed by atoms with Crippen molar-refractivity contribution in [2.45, 2.75) is 25.3 Å². The van der Waals surface area contributed by atoms with Gasteiger partial charge < -0.3 is 15.6 Å². The number of rotatable bonds is 4. The molecule has 0 aliphatic heterocycles. The standard InChI is InChI=1S/C12H17NO2/c1-15-12-7-9(14)4-5-10(12)11(13)6-8-2-3-8/h4-5,7-8,11,14H,2-3,6,13H2,1H3/t11-/m1/s1. The summed E-state index contributed by atoms with van der Waals surface area (Å²) in [4.78, 5) is 0. The molecule has 0 amide bonds. The summed E-state index contributed by atoms with van der Waals surface area (Å²) in [6, 6.07) is 5.14. The number of aromatic hydroxyl groups is 1. The monoisotopic (exact) mass is 207 g/mol. The van der Waals surface area contributed by atoms with E-state index in [1.165, 1.54) is 12.8 Å². The zero-order chi connectivity index (χ0) is 10.8. The number of nitrogens with two attached hydrogens (primary N) is 1. The minimum absolute atomic E-state index is 0.0213. The Kier molecular flexibility index (Phi) is 2.82. The second-order valence-electron chi connectivity index (χ2n) is 4.21. The van der Waals surface area contributed by atoms with Gasteiger partial charge in [-0.25, -0.2) is 0 Å². The maximum Gasteiger partial charge on any atom is 0.127 e. The number of methoxy groups -OCH3 is 1. The molecule has 0 bridgehead atoms. The van der Waals surface area contributed by atoms with Crippen LogP contribution in [0.3, 0.4) is 0 Å². The van der Waals surface area contributed by atoms with Crippen LogP contribution >= 0.6 is 0 Å². The largest absolute Gasteiger partial charge is 0.508 e. The van der Waals surface area contributed by atoms with Crippen molar-refractivity contribution in [3.8, 4) is 11.5 Å². The van der Waals surface area contributed by atoms with E-state index in [4.69, 9.17) is 10.5 Å². The van der Waals surface area contributed by atoms with Crippen LogP contribution in [0.1, 0.15) is 30.9 Å². The first kappa shape index (κ1) is 10.3. The zero-order valence-corrected chi connectivity index (χ0v) is 8.94. The molecule has 82 valence electrons. The van der Waals surface area contributed by atoms with Crippen LogP contribution in [0, 0.1) is 5.92 Å². The topological polar surface area (TPSA) is 55.5 Å². The molecule has 0 unspecified atom stereocenters. The van der Waals surface area contributed by atoms with Crippen LogP contribution < -0.4 is 10.5 Å². The van der Waals surface area contributed by atoms with Crippen molar-refractivity contribution in [2.24, 2.45) is 11.7 Å². The van der Waals surface area contributed by atoms with Gasteiger partial charge in [-0.1, -0.05) is 18.9 Å². The molecule has 0 saturated heterocycles. The smallest absolute Gasteiger partial charge is 0.127 e. The van der Waals surface area contributed by atoms with Crippen LogP contribution in [-0.4, -0.2) is 12.2 Å². The van der Waals surface area contributed by atoms with Crippen molar-refractivity contribution >= 4 is 0 Å². The molecule has 0 spiro atoms. The molecule has 3 heteroatoms. The van der Waals surface area contributed by atoms with Gasteiger partial charge >= 0.3 is 0 Å². The molecule has 3 N–H and O–H groups in total. The molecule has 0 aromatic heterocycles. The average molecular weight is 207 g/mol. The highest BCUT2D eigenvalue weighted by Crippen LogP contribution is 2.39. The Labute approximate surface area is 89.9 Å². The fraction of sp³-hybridized carbons (Fsp3) is 0.500. The lowest BCUT2D eigenvalue weighted by Crippen LogP contribution is -2.12. The lowest BCUT2D eigenvalue weighted by Gasteiger charge is -2.15. The van der Waals surface area contributed by atoms with Gasteiger partial charge in [0.15, 0.2) is 0 Å². The summed E-state index contributed by atoms with van der Waals surface area (Å²) in [5.74, 6) is 1.69. The van der Waals surface area contributed by atoms with E-state index in [0.717, 1.165) is 17.9 Å². The molecule has 3 nitrogen and oxygen atoms in total. The number of hydrogen-bond donors (Lipinski definition) is 2. The molecule has 15 heavy (non-hydrogen) atoms. The third-order valence-corrected chi connectivity index (χ3v) is 2.90. The van der Waals surface area contributed by atoms with Crippen LogP contribution in [0.25, 0.3) is 0 Å². The van der Waals surface area contributed by atoms with E-state index in [1.54, 1.807) is 19.2 Å². The Morgan fingerprint density at radius 3 is 2.87 bits per heavy atom. The minimum Gasteiger partial charge on any atom is -0.508 e. The third-order valence-electron chi connectivity index (χ3n) is 2.90. The van der Waals surface area contributed by atoms with Crippen LogP contribution in [0.2, 0.25) is 0 Å². The first-order valence-electron chi connectivity index (χ1n) is 5.33. The van der Waals surface area contributed by atoms with Gasteiger partial charge in [0.1, 0.15) is 11.5 Å². The predicted molar refractivity (Wildman–Crippen MR) is 58.9 cm³/mol. The summed E-state index contributed by atoms with van der Waals surface area (Å²) in [6.45, 7) is 0. The summed E-state index contributed by atoms with van der Waals surface area (Å²) in [5, 5.41) is 9.32. The summed E-state index contributed by atoms with van der Waals surface area (Å²) in [5.41, 5.74) is 7.09. The number of phenols is 1. The van der Waals surface area contributed by atoms with E-state index in [0.29, 0.717) is 5.75 Å². The fourth-order valence-electron chi connectivity index (χ4n) is 1.85. The summed E-state index contributed by atoms with van der Waals surface area (Å²) < 4.78 is 5.21. The molecule has 1 aromatic carbocycles. The van der Waals surface area contributed by atoms with E-state index in [1.807, 2.05) is 6.07 Å². The Hall–Kier alpha value is -1.22. The lowest BCUT2D eigenvalue weighted by atomic mass is 10.0. The maximum absolute atomic E-state index is 9.32. The van der Waals surface area contributed by atoms with Gasteiger partial charge in [0.2, 0.25) is 0 Å². The van der Waals surface area contributed by atoms with Crippen molar-refractivity contribution < 1.29 is 9.84 Å².